The molecule has 0 aromatic heterocycles. The highest BCUT2D eigenvalue weighted by molar-refractivity contribution is 6.22. The first kappa shape index (κ1) is 10.0. The quantitative estimate of drug-likeness (QED) is 0.348. The van der Waals surface area contributed by atoms with E-state index in [2.05, 4.69) is 23.2 Å². The summed E-state index contributed by atoms with van der Waals surface area (Å²) >= 11 is 2.41. The van der Waals surface area contributed by atoms with Gasteiger partial charge in [0.05, 0.1) is 6.61 Å². The molecule has 0 heterocycles. The molecule has 2 nitrogen and oxygen atoms in total. The zero-order chi connectivity index (χ0) is 7.98. The Balaban J connectivity index is 3.22. The standard InChI is InChI=1S/C7H13O2.Al/c1-3-5-6-9-7(8)4-2;/h4H,3,5-6H2,1-2H3;. The molecular weight excluding hydrogens is 143 g/mol. The van der Waals surface area contributed by atoms with Gasteiger partial charge in [-0.1, -0.05) is 20.3 Å². The number of carbonyl (C=O) groups is 1. The van der Waals surface area contributed by atoms with E-state index in [1.54, 1.807) is 6.92 Å². The Labute approximate surface area is 70.4 Å². The molecule has 0 unspecified atom stereocenters. The number of carbonyl (C=O) groups excluding carboxylic acids is 1. The maximum absolute atomic E-state index is 10.8. The Hall–Kier alpha value is 0.00247. The van der Waals surface area contributed by atoms with Gasteiger partial charge in [-0.05, 0) is 11.2 Å². The molecule has 2 radical (unpaired) electrons. The van der Waals surface area contributed by atoms with Crippen LogP contribution in [0.2, 0.25) is 4.78 Å². The number of ether oxygens (including phenoxy) is 1. The lowest BCUT2D eigenvalue weighted by atomic mass is 10.4. The van der Waals surface area contributed by atoms with Crippen molar-refractivity contribution in [3.05, 3.63) is 0 Å². The van der Waals surface area contributed by atoms with Gasteiger partial charge in [-0.15, -0.1) is 0 Å². The monoisotopic (exact) mass is 156 g/mol. The fourth-order valence-electron chi connectivity index (χ4n) is 0.449. The van der Waals surface area contributed by atoms with Gasteiger partial charge in [0.2, 0.25) is 0 Å². The smallest absolute Gasteiger partial charge is 0.292 e. The van der Waals surface area contributed by atoms with Crippen LogP contribution in [0.15, 0.2) is 0 Å². The van der Waals surface area contributed by atoms with Gasteiger partial charge in [-0.2, -0.15) is 0 Å². The van der Waals surface area contributed by atoms with E-state index >= 15 is 0 Å². The lowest BCUT2D eigenvalue weighted by Crippen LogP contribution is -2.10. The Morgan fingerprint density at radius 2 is 2.30 bits per heavy atom. The summed E-state index contributed by atoms with van der Waals surface area (Å²) in [6.45, 7) is 4.44. The number of rotatable bonds is 4. The van der Waals surface area contributed by atoms with Crippen LogP contribution in [0.3, 0.4) is 0 Å². The van der Waals surface area contributed by atoms with E-state index in [1.165, 1.54) is 0 Å². The van der Waals surface area contributed by atoms with Crippen LogP contribution in [0, 0.1) is 0 Å². The fraction of sp³-hybridized carbons (Fsp3) is 0.857. The summed E-state index contributed by atoms with van der Waals surface area (Å²) < 4.78 is 4.81. The largest absolute Gasteiger partial charge is 0.466 e. The second-order valence-electron chi connectivity index (χ2n) is 2.31. The topological polar surface area (TPSA) is 26.3 Å². The third-order valence-corrected chi connectivity index (χ3v) is 1.39. The summed E-state index contributed by atoms with van der Waals surface area (Å²) in [5.74, 6) is -0.126. The van der Waals surface area contributed by atoms with Gasteiger partial charge < -0.3 is 4.74 Å². The van der Waals surface area contributed by atoms with E-state index < -0.39 is 0 Å². The van der Waals surface area contributed by atoms with Crippen molar-refractivity contribution in [2.24, 2.45) is 0 Å². The zero-order valence-corrected chi connectivity index (χ0v) is 7.75. The minimum atomic E-state index is -0.126. The molecular formula is C7H13AlO2. The van der Waals surface area contributed by atoms with Gasteiger partial charge in [-0.25, -0.2) is 0 Å². The average Bonchev–Trinajstić information content (AvgIpc) is 1.88. The first-order valence-electron chi connectivity index (χ1n) is 3.60. The van der Waals surface area contributed by atoms with Crippen LogP contribution in [-0.4, -0.2) is 28.9 Å². The van der Waals surface area contributed by atoms with E-state index in [0.717, 1.165) is 12.8 Å². The Bertz CT molecular complexity index is 102. The SMILES string of the molecule is CCCCOC(=O)[C@H](C)[Al]. The Morgan fingerprint density at radius 3 is 2.70 bits per heavy atom. The molecule has 56 valence electrons. The molecule has 0 bridgehead atoms. The van der Waals surface area contributed by atoms with Crippen molar-refractivity contribution >= 4 is 22.3 Å². The zero-order valence-electron chi connectivity index (χ0n) is 6.59. The van der Waals surface area contributed by atoms with Crippen molar-refractivity contribution < 1.29 is 9.53 Å². The molecule has 0 N–H and O–H groups in total. The highest BCUT2D eigenvalue weighted by Gasteiger charge is 2.05. The molecule has 0 spiro atoms. The van der Waals surface area contributed by atoms with Crippen molar-refractivity contribution in [3.63, 3.8) is 0 Å². The molecule has 0 rings (SSSR count). The maximum Gasteiger partial charge on any atom is 0.292 e. The summed E-state index contributed by atoms with van der Waals surface area (Å²) in [7, 11) is 0. The van der Waals surface area contributed by atoms with Gasteiger partial charge in [0.15, 0.2) is 0 Å². The van der Waals surface area contributed by atoms with Crippen LogP contribution in [0.25, 0.3) is 0 Å². The van der Waals surface area contributed by atoms with Gasteiger partial charge in [0, 0.05) is 0 Å². The second-order valence-corrected chi connectivity index (χ2v) is 3.31. The van der Waals surface area contributed by atoms with Crippen molar-refractivity contribution in [2.75, 3.05) is 6.61 Å². The molecule has 0 aliphatic heterocycles. The summed E-state index contributed by atoms with van der Waals surface area (Å²) in [4.78, 5) is 10.8. The van der Waals surface area contributed by atoms with Gasteiger partial charge >= 0.3 is 0 Å². The number of esters is 1. The molecule has 0 fully saturated rings. The molecule has 0 aromatic carbocycles. The van der Waals surface area contributed by atoms with Crippen LogP contribution >= 0.6 is 0 Å². The van der Waals surface area contributed by atoms with Gasteiger partial charge in [-0.3, -0.25) is 4.79 Å². The van der Waals surface area contributed by atoms with E-state index in [0.29, 0.717) is 6.61 Å². The van der Waals surface area contributed by atoms with Crippen LogP contribution in [-0.2, 0) is 9.53 Å². The molecule has 0 aromatic rings. The maximum atomic E-state index is 10.8. The van der Waals surface area contributed by atoms with Gasteiger partial charge in [0.25, 0.3) is 5.97 Å². The van der Waals surface area contributed by atoms with Crippen LogP contribution in [0.4, 0.5) is 0 Å². The predicted molar refractivity (Wildman–Crippen MR) is 41.0 cm³/mol. The highest BCUT2D eigenvalue weighted by Crippen LogP contribution is 1.99. The lowest BCUT2D eigenvalue weighted by molar-refractivity contribution is -0.143. The predicted octanol–water partition coefficient (Wildman–Crippen LogP) is 1.31. The molecule has 0 aliphatic carbocycles. The Morgan fingerprint density at radius 1 is 1.70 bits per heavy atom. The van der Waals surface area contributed by atoms with Crippen molar-refractivity contribution in [1.82, 2.24) is 0 Å². The summed E-state index contributed by atoms with van der Waals surface area (Å²) in [5.41, 5.74) is 0. The lowest BCUT2D eigenvalue weighted by Gasteiger charge is -2.05. The van der Waals surface area contributed by atoms with Crippen LogP contribution in [0.5, 0.6) is 0 Å². The fourth-order valence-corrected chi connectivity index (χ4v) is 0.545. The first-order valence-corrected chi connectivity index (χ1v) is 4.27. The number of unbranched alkanes of at least 4 members (excludes halogenated alkanes) is 1. The Kier molecular flexibility index (Phi) is 5.76. The summed E-state index contributed by atoms with van der Waals surface area (Å²) in [6, 6.07) is 0. The molecule has 0 saturated heterocycles. The average molecular weight is 156 g/mol. The molecule has 0 aliphatic rings. The minimum Gasteiger partial charge on any atom is -0.466 e. The van der Waals surface area contributed by atoms with E-state index in [-0.39, 0.29) is 10.7 Å². The highest BCUT2D eigenvalue weighted by atomic mass is 27.0. The molecule has 0 amide bonds. The summed E-state index contributed by atoms with van der Waals surface area (Å²) in [6.07, 6.45) is 2.03. The van der Waals surface area contributed by atoms with E-state index in [4.69, 9.17) is 4.74 Å². The molecule has 0 saturated carbocycles. The molecule has 10 heavy (non-hydrogen) atoms. The van der Waals surface area contributed by atoms with E-state index in [9.17, 15) is 4.79 Å². The second kappa shape index (κ2) is 5.76. The third kappa shape index (κ3) is 4.84. The van der Waals surface area contributed by atoms with Crippen molar-refractivity contribution in [3.8, 4) is 0 Å². The van der Waals surface area contributed by atoms with Crippen molar-refractivity contribution in [1.29, 1.82) is 0 Å². The van der Waals surface area contributed by atoms with Crippen LogP contribution in [0.1, 0.15) is 26.7 Å². The van der Waals surface area contributed by atoms with E-state index in [1.807, 2.05) is 0 Å². The third-order valence-electron chi connectivity index (χ3n) is 1.11. The van der Waals surface area contributed by atoms with Crippen molar-refractivity contribution in [2.45, 2.75) is 31.5 Å². The normalized spacial score (nSPS) is 12.6. The minimum absolute atomic E-state index is 0.0724. The molecule has 3 heteroatoms. The van der Waals surface area contributed by atoms with Crippen LogP contribution < -0.4 is 0 Å². The van der Waals surface area contributed by atoms with Gasteiger partial charge in [0.1, 0.15) is 16.3 Å². The summed E-state index contributed by atoms with van der Waals surface area (Å²) in [5, 5.41) is 0. The first-order chi connectivity index (χ1) is 4.68. The number of hydrogen-bond acceptors (Lipinski definition) is 2. The number of hydrogen-bond donors (Lipinski definition) is 0. The molecule has 1 atom stereocenters.